The number of rotatable bonds is 2. The van der Waals surface area contributed by atoms with E-state index in [4.69, 9.17) is 0 Å². The summed E-state index contributed by atoms with van der Waals surface area (Å²) in [6, 6.07) is 7.05. The maximum Gasteiger partial charge on any atom is 0.0388 e. The molecule has 0 aromatic heterocycles. The molecule has 0 spiro atoms. The molecule has 2 N–H and O–H groups in total. The minimum Gasteiger partial charge on any atom is -0.388 e. The Morgan fingerprint density at radius 3 is 2.71 bits per heavy atom. The normalized spacial score (nSPS) is 18.6. The Balaban J connectivity index is 0.000000980. The van der Waals surface area contributed by atoms with Crippen molar-refractivity contribution in [1.29, 1.82) is 0 Å². The quantitative estimate of drug-likeness (QED) is 0.787. The zero-order valence-corrected chi connectivity index (χ0v) is 9.45. The van der Waals surface area contributed by atoms with E-state index in [0.717, 1.165) is 0 Å². The van der Waals surface area contributed by atoms with E-state index in [1.165, 1.54) is 29.7 Å². The summed E-state index contributed by atoms with van der Waals surface area (Å²) in [5.41, 5.74) is 4.23. The van der Waals surface area contributed by atoms with E-state index in [1.807, 2.05) is 14.1 Å². The van der Waals surface area contributed by atoms with Crippen LogP contribution in [0.4, 0.5) is 5.69 Å². The van der Waals surface area contributed by atoms with E-state index in [9.17, 15) is 0 Å². The Bertz CT molecular complexity index is 312. The van der Waals surface area contributed by atoms with Gasteiger partial charge in [-0.15, -0.1) is 12.4 Å². The van der Waals surface area contributed by atoms with E-state index < -0.39 is 0 Å². The predicted octanol–water partition coefficient (Wildman–Crippen LogP) is 2.36. The van der Waals surface area contributed by atoms with E-state index >= 15 is 0 Å². The Morgan fingerprint density at radius 2 is 2.07 bits per heavy atom. The zero-order chi connectivity index (χ0) is 9.26. The average Bonchev–Trinajstić information content (AvgIpc) is 2.60. The van der Waals surface area contributed by atoms with Crippen LogP contribution in [0.2, 0.25) is 0 Å². The molecule has 1 aliphatic rings. The van der Waals surface area contributed by atoms with Crippen LogP contribution in [0.1, 0.15) is 23.6 Å². The van der Waals surface area contributed by atoms with Crippen molar-refractivity contribution < 1.29 is 0 Å². The molecule has 2 nitrogen and oxygen atoms in total. The lowest BCUT2D eigenvalue weighted by Crippen LogP contribution is -2.14. The van der Waals surface area contributed by atoms with Crippen molar-refractivity contribution in [1.82, 2.24) is 5.32 Å². The number of hydrogen-bond donors (Lipinski definition) is 2. The molecular formula is C11H17ClN2. The van der Waals surface area contributed by atoms with Gasteiger partial charge in [-0.3, -0.25) is 0 Å². The first-order valence-electron chi connectivity index (χ1n) is 4.83. The molecule has 0 saturated heterocycles. The van der Waals surface area contributed by atoms with Crippen molar-refractivity contribution >= 4 is 18.1 Å². The summed E-state index contributed by atoms with van der Waals surface area (Å²) < 4.78 is 0. The summed E-state index contributed by atoms with van der Waals surface area (Å²) in [6.07, 6.45) is 2.43. The first kappa shape index (κ1) is 11.3. The molecule has 0 heterocycles. The molecule has 0 bridgehead atoms. The predicted molar refractivity (Wildman–Crippen MR) is 63.4 cm³/mol. The van der Waals surface area contributed by atoms with Crippen molar-refractivity contribution in [3.8, 4) is 0 Å². The number of anilines is 1. The van der Waals surface area contributed by atoms with Gasteiger partial charge in [-0.2, -0.15) is 0 Å². The van der Waals surface area contributed by atoms with Crippen LogP contribution in [-0.2, 0) is 6.42 Å². The summed E-state index contributed by atoms with van der Waals surface area (Å²) >= 11 is 0. The molecule has 0 saturated carbocycles. The maximum atomic E-state index is 3.35. The highest BCUT2D eigenvalue weighted by Gasteiger charge is 2.22. The molecular weight excluding hydrogens is 196 g/mol. The van der Waals surface area contributed by atoms with E-state index in [0.29, 0.717) is 6.04 Å². The van der Waals surface area contributed by atoms with Crippen LogP contribution in [0.25, 0.3) is 0 Å². The molecule has 0 unspecified atom stereocenters. The van der Waals surface area contributed by atoms with Crippen molar-refractivity contribution in [2.75, 3.05) is 19.4 Å². The average molecular weight is 213 g/mol. The van der Waals surface area contributed by atoms with Crippen molar-refractivity contribution in [2.24, 2.45) is 0 Å². The number of aryl methyl sites for hydroxylation is 1. The molecule has 2 rings (SSSR count). The fraction of sp³-hybridized carbons (Fsp3) is 0.455. The monoisotopic (exact) mass is 212 g/mol. The molecule has 0 amide bonds. The summed E-state index contributed by atoms with van der Waals surface area (Å²) in [5.74, 6) is 0. The van der Waals surface area contributed by atoms with Gasteiger partial charge in [0.25, 0.3) is 0 Å². The van der Waals surface area contributed by atoms with Crippen LogP contribution >= 0.6 is 12.4 Å². The molecule has 78 valence electrons. The SMILES string of the molecule is CNc1cccc2c1[C@H](NC)CC2.Cl. The maximum absolute atomic E-state index is 3.35. The van der Waals surface area contributed by atoms with Gasteiger partial charge in [0.1, 0.15) is 0 Å². The zero-order valence-electron chi connectivity index (χ0n) is 8.63. The second kappa shape index (κ2) is 4.67. The van der Waals surface area contributed by atoms with Crippen LogP contribution in [0, 0.1) is 0 Å². The van der Waals surface area contributed by atoms with Crippen molar-refractivity contribution in [3.63, 3.8) is 0 Å². The van der Waals surface area contributed by atoms with Crippen molar-refractivity contribution in [2.45, 2.75) is 18.9 Å². The van der Waals surface area contributed by atoms with Gasteiger partial charge in [-0.05, 0) is 37.1 Å². The van der Waals surface area contributed by atoms with Crippen LogP contribution in [-0.4, -0.2) is 14.1 Å². The van der Waals surface area contributed by atoms with Gasteiger partial charge in [-0.1, -0.05) is 12.1 Å². The van der Waals surface area contributed by atoms with Crippen LogP contribution < -0.4 is 10.6 Å². The molecule has 1 aromatic rings. The third-order valence-corrected chi connectivity index (χ3v) is 2.87. The summed E-state index contributed by atoms with van der Waals surface area (Å²) in [4.78, 5) is 0. The second-order valence-electron chi connectivity index (χ2n) is 3.51. The largest absolute Gasteiger partial charge is 0.388 e. The minimum absolute atomic E-state index is 0. The molecule has 0 radical (unpaired) electrons. The third-order valence-electron chi connectivity index (χ3n) is 2.87. The topological polar surface area (TPSA) is 24.1 Å². The standard InChI is InChI=1S/C11H16N2.ClH/c1-12-9-5-3-4-8-6-7-10(13-2)11(8)9;/h3-5,10,12-13H,6-7H2,1-2H3;1H/t10-;/m1./s1. The van der Waals surface area contributed by atoms with Crippen LogP contribution in [0.15, 0.2) is 18.2 Å². The minimum atomic E-state index is 0. The summed E-state index contributed by atoms with van der Waals surface area (Å²) in [7, 11) is 4.02. The van der Waals surface area contributed by atoms with Gasteiger partial charge in [0.15, 0.2) is 0 Å². The fourth-order valence-corrected chi connectivity index (χ4v) is 2.19. The smallest absolute Gasteiger partial charge is 0.0388 e. The highest BCUT2D eigenvalue weighted by Crippen LogP contribution is 2.35. The lowest BCUT2D eigenvalue weighted by molar-refractivity contribution is 0.591. The van der Waals surface area contributed by atoms with Crippen molar-refractivity contribution in [3.05, 3.63) is 29.3 Å². The van der Waals surface area contributed by atoms with E-state index in [-0.39, 0.29) is 12.4 Å². The molecule has 0 aliphatic heterocycles. The number of benzene rings is 1. The number of fused-ring (bicyclic) bond motifs is 1. The highest BCUT2D eigenvalue weighted by molar-refractivity contribution is 5.85. The summed E-state index contributed by atoms with van der Waals surface area (Å²) in [6.45, 7) is 0. The lowest BCUT2D eigenvalue weighted by atomic mass is 10.1. The second-order valence-corrected chi connectivity index (χ2v) is 3.51. The van der Waals surface area contributed by atoms with Gasteiger partial charge in [0.05, 0.1) is 0 Å². The molecule has 1 aliphatic carbocycles. The molecule has 1 aromatic carbocycles. The molecule has 3 heteroatoms. The number of hydrogen-bond acceptors (Lipinski definition) is 2. The van der Waals surface area contributed by atoms with Gasteiger partial charge >= 0.3 is 0 Å². The van der Waals surface area contributed by atoms with Gasteiger partial charge in [0, 0.05) is 18.8 Å². The highest BCUT2D eigenvalue weighted by atomic mass is 35.5. The van der Waals surface area contributed by atoms with E-state index in [2.05, 4.69) is 28.8 Å². The van der Waals surface area contributed by atoms with Crippen LogP contribution in [0.3, 0.4) is 0 Å². The number of nitrogens with one attached hydrogen (secondary N) is 2. The van der Waals surface area contributed by atoms with Gasteiger partial charge in [0.2, 0.25) is 0 Å². The molecule has 0 fully saturated rings. The van der Waals surface area contributed by atoms with Gasteiger partial charge in [-0.25, -0.2) is 0 Å². The third kappa shape index (κ3) is 1.72. The Hall–Kier alpha value is -0.730. The Kier molecular flexibility index (Phi) is 3.78. The van der Waals surface area contributed by atoms with Crippen LogP contribution in [0.5, 0.6) is 0 Å². The van der Waals surface area contributed by atoms with Gasteiger partial charge < -0.3 is 10.6 Å². The summed E-state index contributed by atoms with van der Waals surface area (Å²) in [5, 5.41) is 6.61. The fourth-order valence-electron chi connectivity index (χ4n) is 2.19. The first-order valence-corrected chi connectivity index (χ1v) is 4.83. The van der Waals surface area contributed by atoms with E-state index in [1.54, 1.807) is 0 Å². The lowest BCUT2D eigenvalue weighted by Gasteiger charge is -2.14. The number of halogens is 1. The Morgan fingerprint density at radius 1 is 1.29 bits per heavy atom. The molecule has 14 heavy (non-hydrogen) atoms. The molecule has 1 atom stereocenters. The first-order chi connectivity index (χ1) is 6.36. The Labute approximate surface area is 91.5 Å².